The van der Waals surface area contributed by atoms with Crippen LogP contribution < -0.4 is 0 Å². The number of methoxy groups -OCH3 is 1. The summed E-state index contributed by atoms with van der Waals surface area (Å²) in [5, 5.41) is 20.6. The first-order valence-electron chi connectivity index (χ1n) is 42.4. The molecule has 0 radical (unpaired) electrons. The Morgan fingerprint density at radius 2 is 0.506 bits per heavy atom. The lowest BCUT2D eigenvalue weighted by molar-refractivity contribution is -0.146. The third-order valence-corrected chi connectivity index (χ3v) is 22.1. The first-order chi connectivity index (χ1) is 43.9. The average Bonchev–Trinajstić information content (AvgIpc) is 4.32. The van der Waals surface area contributed by atoms with E-state index in [1.807, 2.05) is 7.11 Å². The van der Waals surface area contributed by atoms with Crippen LogP contribution in [-0.2, 0) is 9.53 Å². The van der Waals surface area contributed by atoms with E-state index in [0.717, 1.165) is 37.5 Å². The molecule has 4 nitrogen and oxygen atoms in total. The van der Waals surface area contributed by atoms with Crippen molar-refractivity contribution in [2.75, 3.05) is 7.11 Å². The summed E-state index contributed by atoms with van der Waals surface area (Å²) in [6, 6.07) is 0. The van der Waals surface area contributed by atoms with Crippen LogP contribution in [-0.4, -0.2) is 35.5 Å². The predicted octanol–water partition coefficient (Wildman–Crippen LogP) is 29.9. The molecule has 0 aromatic heterocycles. The van der Waals surface area contributed by atoms with Gasteiger partial charge >= 0.3 is 5.97 Å². The molecule has 6 atom stereocenters. The molecule has 0 spiro atoms. The molecule has 532 valence electrons. The van der Waals surface area contributed by atoms with Gasteiger partial charge in [0.25, 0.3) is 0 Å². The van der Waals surface area contributed by atoms with Crippen LogP contribution in [0.4, 0.5) is 0 Å². The predicted molar refractivity (Wildman–Crippen MR) is 397 cm³/mol. The summed E-state index contributed by atoms with van der Waals surface area (Å²) in [6.07, 6.45) is 102. The van der Waals surface area contributed by atoms with E-state index in [-0.39, 0.29) is 0 Å². The lowest BCUT2D eigenvalue weighted by atomic mass is 9.91. The lowest BCUT2D eigenvalue weighted by Crippen LogP contribution is -2.28. The fraction of sp³-hybridized carbons (Fsp3) is 0.988. The minimum absolute atomic E-state index is 0.470. The summed E-state index contributed by atoms with van der Waals surface area (Å²) < 4.78 is 5.98. The van der Waals surface area contributed by atoms with E-state index < -0.39 is 18.0 Å². The zero-order valence-corrected chi connectivity index (χ0v) is 62.0. The van der Waals surface area contributed by atoms with Gasteiger partial charge in [-0.2, -0.15) is 0 Å². The number of aliphatic hydroxyl groups excluding tert-OH is 1. The molecule has 0 saturated heterocycles. The number of aliphatic carboxylic acids is 1. The van der Waals surface area contributed by atoms with Gasteiger partial charge in [0.15, 0.2) is 0 Å². The second kappa shape index (κ2) is 71.7. The minimum atomic E-state index is -0.798. The van der Waals surface area contributed by atoms with Crippen LogP contribution in [0.1, 0.15) is 496 Å². The summed E-state index contributed by atoms with van der Waals surface area (Å²) in [5.41, 5.74) is 0. The van der Waals surface area contributed by atoms with E-state index >= 15 is 0 Å². The third kappa shape index (κ3) is 63.2. The average molecular weight is 1250 g/mol. The zero-order chi connectivity index (χ0) is 64.1. The highest BCUT2D eigenvalue weighted by atomic mass is 16.5. The van der Waals surface area contributed by atoms with Crippen molar-refractivity contribution in [3.05, 3.63) is 0 Å². The number of aliphatic hydroxyl groups is 1. The summed E-state index contributed by atoms with van der Waals surface area (Å²) in [6.45, 7) is 7.06. The van der Waals surface area contributed by atoms with Gasteiger partial charge in [-0.05, 0) is 49.9 Å². The van der Waals surface area contributed by atoms with E-state index in [0.29, 0.717) is 24.9 Å². The highest BCUT2D eigenvalue weighted by molar-refractivity contribution is 5.70. The molecule has 0 bridgehead atoms. The number of rotatable bonds is 79. The highest BCUT2D eigenvalue weighted by Gasteiger charge is 2.35. The monoisotopic (exact) mass is 1250 g/mol. The van der Waals surface area contributed by atoms with Crippen LogP contribution >= 0.6 is 0 Å². The molecule has 0 aromatic carbocycles. The second-order valence-corrected chi connectivity index (χ2v) is 30.7. The standard InChI is InChI=1S/C85H168O4/c1-5-7-9-11-13-15-17-19-21-23-24-25-26-27-28-32-39-45-51-57-63-69-75-82(85(87)88)83(86)76-70-64-58-52-46-40-33-29-31-37-43-49-55-61-67-73-80-78-81(80)74-68-62-56-50-44-38-34-35-41-47-53-59-65-71-77-84(89-4)79(3)72-66-60-54-48-42-36-30-22-20-18-16-14-12-10-8-6-2/h79-84,86H,5-78H2,1-4H3,(H,87,88)/t79-,80+,81-,82+,83+,84-/m0/s1. The van der Waals surface area contributed by atoms with Crippen LogP contribution in [0.5, 0.6) is 0 Å². The molecule has 0 heterocycles. The van der Waals surface area contributed by atoms with Gasteiger partial charge in [-0.15, -0.1) is 0 Å². The molecule has 89 heavy (non-hydrogen) atoms. The Balaban J connectivity index is 1.76. The van der Waals surface area contributed by atoms with Crippen LogP contribution in [0.3, 0.4) is 0 Å². The van der Waals surface area contributed by atoms with E-state index in [1.54, 1.807) is 6.42 Å². The van der Waals surface area contributed by atoms with Gasteiger partial charge in [-0.25, -0.2) is 0 Å². The number of hydrogen-bond acceptors (Lipinski definition) is 3. The number of carboxylic acids is 1. The Labute approximate surface area is 561 Å². The van der Waals surface area contributed by atoms with Crippen molar-refractivity contribution < 1.29 is 19.7 Å². The van der Waals surface area contributed by atoms with E-state index in [9.17, 15) is 15.0 Å². The summed E-state index contributed by atoms with van der Waals surface area (Å²) in [4.78, 5) is 12.0. The fourth-order valence-electron chi connectivity index (χ4n) is 15.4. The summed E-state index contributed by atoms with van der Waals surface area (Å²) >= 11 is 0. The fourth-order valence-corrected chi connectivity index (χ4v) is 15.4. The zero-order valence-electron chi connectivity index (χ0n) is 62.0. The summed E-state index contributed by atoms with van der Waals surface area (Å²) in [7, 11) is 1.96. The van der Waals surface area contributed by atoms with Crippen molar-refractivity contribution >= 4 is 5.97 Å². The number of unbranched alkanes of at least 4 members (excludes halogenated alkanes) is 63. The van der Waals surface area contributed by atoms with Gasteiger partial charge in [-0.3, -0.25) is 4.79 Å². The van der Waals surface area contributed by atoms with Gasteiger partial charge < -0.3 is 14.9 Å². The largest absolute Gasteiger partial charge is 0.481 e. The molecule has 2 N–H and O–H groups in total. The Morgan fingerprint density at radius 1 is 0.303 bits per heavy atom. The maximum atomic E-state index is 12.0. The van der Waals surface area contributed by atoms with E-state index in [2.05, 4.69) is 20.8 Å². The SMILES string of the molecule is CCCCCCCCCCCCCCCCCCCCCCCC[C@@H](C(=O)O)[C@H](O)CCCCCCCCCCCCCCCCC[C@@H]1C[C@@H]1CCCCCCCCCCCCCCCC[C@H](OC)[C@@H](C)CCCCCCCCCCCCCCCCCC. The Hall–Kier alpha value is -0.610. The Kier molecular flexibility index (Phi) is 69.6. The van der Waals surface area contributed by atoms with Gasteiger partial charge in [0.05, 0.1) is 18.1 Å². The van der Waals surface area contributed by atoms with Gasteiger partial charge in [0, 0.05) is 7.11 Å². The summed E-state index contributed by atoms with van der Waals surface area (Å²) in [5.74, 6) is 1.50. The van der Waals surface area contributed by atoms with Gasteiger partial charge in [-0.1, -0.05) is 464 Å². The van der Waals surface area contributed by atoms with Crippen molar-refractivity contribution in [2.24, 2.45) is 23.7 Å². The molecule has 1 fully saturated rings. The van der Waals surface area contributed by atoms with Gasteiger partial charge in [0.1, 0.15) is 0 Å². The molecule has 4 heteroatoms. The van der Waals surface area contributed by atoms with Crippen LogP contribution in [0.15, 0.2) is 0 Å². The molecule has 1 saturated carbocycles. The molecule has 0 aliphatic heterocycles. The van der Waals surface area contributed by atoms with Crippen LogP contribution in [0, 0.1) is 23.7 Å². The van der Waals surface area contributed by atoms with Crippen molar-refractivity contribution in [1.29, 1.82) is 0 Å². The van der Waals surface area contributed by atoms with Gasteiger partial charge in [0.2, 0.25) is 0 Å². The second-order valence-electron chi connectivity index (χ2n) is 30.7. The van der Waals surface area contributed by atoms with Crippen LogP contribution in [0.25, 0.3) is 0 Å². The van der Waals surface area contributed by atoms with Crippen molar-refractivity contribution in [1.82, 2.24) is 0 Å². The normalized spacial score (nSPS) is 15.5. The first kappa shape index (κ1) is 86.4. The molecule has 0 unspecified atom stereocenters. The topological polar surface area (TPSA) is 66.8 Å². The number of carboxylic acid groups (broad SMARTS) is 1. The first-order valence-corrected chi connectivity index (χ1v) is 42.4. The van der Waals surface area contributed by atoms with Crippen molar-refractivity contribution in [2.45, 2.75) is 508 Å². The molecule has 1 aliphatic rings. The minimum Gasteiger partial charge on any atom is -0.481 e. The lowest BCUT2D eigenvalue weighted by Gasteiger charge is -2.22. The smallest absolute Gasteiger partial charge is 0.309 e. The maximum absolute atomic E-state index is 12.0. The molecule has 0 amide bonds. The number of carbonyl (C=O) groups is 1. The Morgan fingerprint density at radius 3 is 0.742 bits per heavy atom. The molecular weight excluding hydrogens is 1080 g/mol. The van der Waals surface area contributed by atoms with E-state index in [4.69, 9.17) is 4.74 Å². The number of hydrogen-bond donors (Lipinski definition) is 2. The molecule has 1 aliphatic carbocycles. The Bertz CT molecular complexity index is 1330. The van der Waals surface area contributed by atoms with Crippen molar-refractivity contribution in [3.8, 4) is 0 Å². The van der Waals surface area contributed by atoms with Crippen LogP contribution in [0.2, 0.25) is 0 Å². The van der Waals surface area contributed by atoms with E-state index in [1.165, 1.54) is 430 Å². The third-order valence-electron chi connectivity index (χ3n) is 22.1. The maximum Gasteiger partial charge on any atom is 0.309 e. The quantitative estimate of drug-likeness (QED) is 0.0596. The number of ether oxygens (including phenoxy) is 1. The molecule has 0 aromatic rings. The highest BCUT2D eigenvalue weighted by Crippen LogP contribution is 2.46. The molecule has 1 rings (SSSR count). The molecular formula is C85H168O4. The van der Waals surface area contributed by atoms with Crippen molar-refractivity contribution in [3.63, 3.8) is 0 Å².